The highest BCUT2D eigenvalue weighted by Gasteiger charge is 2.36. The molecule has 100 valence electrons. The highest BCUT2D eigenvalue weighted by molar-refractivity contribution is 6.78. The summed E-state index contributed by atoms with van der Waals surface area (Å²) in [4.78, 5) is 0. The quantitative estimate of drug-likeness (QED) is 0.625. The molecular weight excluding hydrogens is 232 g/mol. The second-order valence-electron chi connectivity index (χ2n) is 6.84. The van der Waals surface area contributed by atoms with Gasteiger partial charge in [0.1, 0.15) is 0 Å². The smallest absolute Gasteiger partial charge is 0.0510 e. The van der Waals surface area contributed by atoms with Gasteiger partial charge in [-0.25, -0.2) is 0 Å². The van der Waals surface area contributed by atoms with Crippen LogP contribution < -0.4 is 0 Å². The van der Waals surface area contributed by atoms with E-state index >= 15 is 0 Å². The third-order valence-corrected chi connectivity index (χ3v) is 9.42. The SMILES string of the molecule is C[C@@H]1CCCC[C@@H]1[Si](C)(C)CCc1ccccc1. The molecule has 0 amide bonds. The first-order valence-corrected chi connectivity index (χ1v) is 10.9. The molecule has 18 heavy (non-hydrogen) atoms. The molecule has 1 fully saturated rings. The fraction of sp³-hybridized carbons (Fsp3) is 0.647. The van der Waals surface area contributed by atoms with Gasteiger partial charge in [0.25, 0.3) is 0 Å². The number of aryl methyl sites for hydroxylation is 1. The molecule has 1 aromatic rings. The molecule has 0 spiro atoms. The van der Waals surface area contributed by atoms with E-state index < -0.39 is 8.07 Å². The molecule has 0 nitrogen and oxygen atoms in total. The zero-order valence-electron chi connectivity index (χ0n) is 12.3. The fourth-order valence-electron chi connectivity index (χ4n) is 3.77. The summed E-state index contributed by atoms with van der Waals surface area (Å²) < 4.78 is 0. The second kappa shape index (κ2) is 6.05. The fourth-order valence-corrected chi connectivity index (χ4v) is 7.77. The molecule has 0 saturated heterocycles. The predicted octanol–water partition coefficient (Wildman–Crippen LogP) is 5.52. The van der Waals surface area contributed by atoms with Crippen molar-refractivity contribution >= 4 is 8.07 Å². The lowest BCUT2D eigenvalue weighted by atomic mass is 9.90. The van der Waals surface area contributed by atoms with Gasteiger partial charge < -0.3 is 0 Å². The average Bonchev–Trinajstić information content (AvgIpc) is 2.38. The highest BCUT2D eigenvalue weighted by Crippen LogP contribution is 2.43. The summed E-state index contributed by atoms with van der Waals surface area (Å²) in [7, 11) is -1.05. The van der Waals surface area contributed by atoms with Crippen LogP contribution in [-0.4, -0.2) is 8.07 Å². The monoisotopic (exact) mass is 260 g/mol. The normalized spacial score (nSPS) is 25.1. The molecule has 1 saturated carbocycles. The Morgan fingerprint density at radius 2 is 1.72 bits per heavy atom. The van der Waals surface area contributed by atoms with Crippen LogP contribution in [0, 0.1) is 5.92 Å². The Kier molecular flexibility index (Phi) is 4.66. The van der Waals surface area contributed by atoms with Crippen LogP contribution in [0.25, 0.3) is 0 Å². The molecule has 1 aliphatic rings. The molecule has 0 N–H and O–H groups in total. The molecule has 1 heteroatoms. The zero-order valence-corrected chi connectivity index (χ0v) is 13.3. The van der Waals surface area contributed by atoms with Crippen molar-refractivity contribution in [3.63, 3.8) is 0 Å². The Labute approximate surface area is 114 Å². The third kappa shape index (κ3) is 3.47. The van der Waals surface area contributed by atoms with Crippen LogP contribution in [-0.2, 0) is 6.42 Å². The number of hydrogen-bond acceptors (Lipinski definition) is 0. The van der Waals surface area contributed by atoms with Crippen LogP contribution in [0.3, 0.4) is 0 Å². The first-order valence-electron chi connectivity index (χ1n) is 7.63. The molecule has 0 aliphatic heterocycles. The number of hydrogen-bond donors (Lipinski definition) is 0. The van der Waals surface area contributed by atoms with Crippen molar-refractivity contribution in [1.29, 1.82) is 0 Å². The molecule has 1 aromatic carbocycles. The minimum absolute atomic E-state index is 0.983. The van der Waals surface area contributed by atoms with Crippen LogP contribution in [0.1, 0.15) is 38.2 Å². The molecule has 0 bridgehead atoms. The summed E-state index contributed by atoms with van der Waals surface area (Å²) in [6.07, 6.45) is 7.24. The van der Waals surface area contributed by atoms with E-state index in [9.17, 15) is 0 Å². The summed E-state index contributed by atoms with van der Waals surface area (Å²) in [5, 5.41) is 0. The molecule has 2 rings (SSSR count). The van der Waals surface area contributed by atoms with Gasteiger partial charge in [0.2, 0.25) is 0 Å². The van der Waals surface area contributed by atoms with Crippen molar-refractivity contribution in [2.45, 2.75) is 63.7 Å². The van der Waals surface area contributed by atoms with Gasteiger partial charge in [-0.2, -0.15) is 0 Å². The molecule has 0 radical (unpaired) electrons. The minimum Gasteiger partial charge on any atom is -0.0691 e. The van der Waals surface area contributed by atoms with Gasteiger partial charge in [0, 0.05) is 0 Å². The van der Waals surface area contributed by atoms with Gasteiger partial charge in [-0.3, -0.25) is 0 Å². The lowest BCUT2D eigenvalue weighted by Crippen LogP contribution is -2.37. The van der Waals surface area contributed by atoms with Crippen LogP contribution in [0.15, 0.2) is 30.3 Å². The summed E-state index contributed by atoms with van der Waals surface area (Å²) in [6, 6.07) is 12.5. The van der Waals surface area contributed by atoms with E-state index in [0.29, 0.717) is 0 Å². The topological polar surface area (TPSA) is 0 Å². The molecule has 2 atom stereocenters. The molecule has 1 aliphatic carbocycles. The number of rotatable bonds is 4. The van der Waals surface area contributed by atoms with Crippen molar-refractivity contribution in [3.05, 3.63) is 35.9 Å². The van der Waals surface area contributed by atoms with Gasteiger partial charge in [-0.15, -0.1) is 0 Å². The second-order valence-corrected chi connectivity index (χ2v) is 12.1. The minimum atomic E-state index is -1.05. The maximum Gasteiger partial charge on any atom is 0.0510 e. The summed E-state index contributed by atoms with van der Waals surface area (Å²) in [5.41, 5.74) is 2.59. The van der Waals surface area contributed by atoms with E-state index in [1.54, 1.807) is 0 Å². The Morgan fingerprint density at radius 1 is 1.06 bits per heavy atom. The Hall–Kier alpha value is -0.563. The standard InChI is InChI=1S/C17H28Si/c1-15-9-7-8-12-17(15)18(2,3)14-13-16-10-5-4-6-11-16/h4-6,10-11,15,17H,7-9,12-14H2,1-3H3/t15-,17+/m1/s1. The van der Waals surface area contributed by atoms with Gasteiger partial charge in [-0.1, -0.05) is 82.1 Å². The highest BCUT2D eigenvalue weighted by atomic mass is 28.3. The van der Waals surface area contributed by atoms with E-state index in [1.807, 2.05) is 0 Å². The van der Waals surface area contributed by atoms with Crippen molar-refractivity contribution in [3.8, 4) is 0 Å². The molecule has 0 aromatic heterocycles. The van der Waals surface area contributed by atoms with Crippen molar-refractivity contribution in [2.24, 2.45) is 5.92 Å². The Bertz CT molecular complexity index is 355. The predicted molar refractivity (Wildman–Crippen MR) is 83.8 cm³/mol. The van der Waals surface area contributed by atoms with Gasteiger partial charge in [0.15, 0.2) is 0 Å². The van der Waals surface area contributed by atoms with Crippen LogP contribution in [0.4, 0.5) is 0 Å². The molecule has 0 heterocycles. The lowest BCUT2D eigenvalue weighted by molar-refractivity contribution is 0.374. The maximum atomic E-state index is 2.63. The lowest BCUT2D eigenvalue weighted by Gasteiger charge is -2.40. The maximum absolute atomic E-state index is 2.63. The van der Waals surface area contributed by atoms with Crippen molar-refractivity contribution < 1.29 is 0 Å². The van der Waals surface area contributed by atoms with Crippen molar-refractivity contribution in [1.82, 2.24) is 0 Å². The summed E-state index contributed by atoms with van der Waals surface area (Å²) in [6.45, 7) is 7.76. The van der Waals surface area contributed by atoms with Gasteiger partial charge in [-0.05, 0) is 23.4 Å². The Balaban J connectivity index is 1.94. The zero-order chi connectivity index (χ0) is 13.0. The van der Waals surface area contributed by atoms with E-state index in [-0.39, 0.29) is 0 Å². The van der Waals surface area contributed by atoms with Crippen molar-refractivity contribution in [2.75, 3.05) is 0 Å². The van der Waals surface area contributed by atoms with Gasteiger partial charge in [0.05, 0.1) is 8.07 Å². The van der Waals surface area contributed by atoms with E-state index in [1.165, 1.54) is 43.7 Å². The average molecular weight is 260 g/mol. The van der Waals surface area contributed by atoms with E-state index in [0.717, 1.165) is 11.5 Å². The first-order chi connectivity index (χ1) is 8.59. The van der Waals surface area contributed by atoms with E-state index in [2.05, 4.69) is 50.3 Å². The van der Waals surface area contributed by atoms with Crippen LogP contribution in [0.2, 0.25) is 24.7 Å². The van der Waals surface area contributed by atoms with Gasteiger partial charge >= 0.3 is 0 Å². The van der Waals surface area contributed by atoms with Crippen LogP contribution in [0.5, 0.6) is 0 Å². The third-order valence-electron chi connectivity index (χ3n) is 5.02. The molecular formula is C17H28Si. The first kappa shape index (κ1) is 13.9. The number of benzene rings is 1. The Morgan fingerprint density at radius 3 is 2.39 bits per heavy atom. The van der Waals surface area contributed by atoms with Crippen LogP contribution >= 0.6 is 0 Å². The largest absolute Gasteiger partial charge is 0.0691 e. The van der Waals surface area contributed by atoms with E-state index in [4.69, 9.17) is 0 Å². The summed E-state index contributed by atoms with van der Waals surface area (Å²) in [5.74, 6) is 0.983. The molecule has 0 unspecified atom stereocenters. The summed E-state index contributed by atoms with van der Waals surface area (Å²) >= 11 is 0.